The van der Waals surface area contributed by atoms with Gasteiger partial charge in [0.15, 0.2) is 11.4 Å². The van der Waals surface area contributed by atoms with E-state index < -0.39 is 35.2 Å². The number of halogens is 2. The highest BCUT2D eigenvalue weighted by atomic mass is 35.5. The number of nitrogens with two attached hydrogens (primary N) is 1. The van der Waals surface area contributed by atoms with Crippen molar-refractivity contribution in [3.63, 3.8) is 0 Å². The normalized spacial score (nSPS) is 21.1. The van der Waals surface area contributed by atoms with Crippen molar-refractivity contribution in [2.24, 2.45) is 10.9 Å². The van der Waals surface area contributed by atoms with Crippen LogP contribution in [0, 0.1) is 5.82 Å². The second-order valence-electron chi connectivity index (χ2n) is 10.8. The van der Waals surface area contributed by atoms with E-state index in [1.807, 2.05) is 18.2 Å². The Hall–Kier alpha value is -4.54. The van der Waals surface area contributed by atoms with E-state index in [2.05, 4.69) is 16.5 Å². The highest BCUT2D eigenvalue weighted by Crippen LogP contribution is 2.45. The second-order valence-corrected chi connectivity index (χ2v) is 11.2. The van der Waals surface area contributed by atoms with Crippen LogP contribution >= 0.6 is 11.6 Å². The summed E-state index contributed by atoms with van der Waals surface area (Å²) >= 11 is 5.98. The standard InChI is InChI=1S/C33H30ClFN4O5/c1-43-31(41)20-8-10-21(11-9-20)33(32(36)42)25-6-2-4-22(19-12-15-37-16-13-19)23(25)14-17-39(33)30(40)28-18-27(38-44-28)24-5-3-7-26(34)29(24)35/h2-12,28,37H,13-18H2,1H3,(H2,36,42)/t28-,33+/m1/s1. The van der Waals surface area contributed by atoms with E-state index >= 15 is 0 Å². The molecule has 44 heavy (non-hydrogen) atoms. The topological polar surface area (TPSA) is 123 Å². The van der Waals surface area contributed by atoms with Crippen molar-refractivity contribution in [2.75, 3.05) is 26.7 Å². The maximum absolute atomic E-state index is 14.8. The maximum Gasteiger partial charge on any atom is 0.337 e. The van der Waals surface area contributed by atoms with E-state index in [9.17, 15) is 18.8 Å². The van der Waals surface area contributed by atoms with Gasteiger partial charge in [-0.25, -0.2) is 9.18 Å². The molecule has 0 bridgehead atoms. The molecule has 0 unspecified atom stereocenters. The third-order valence-electron chi connectivity index (χ3n) is 8.52. The number of carbonyl (C=O) groups excluding carboxylic acids is 3. The van der Waals surface area contributed by atoms with Crippen LogP contribution in [0.1, 0.15) is 51.0 Å². The minimum Gasteiger partial charge on any atom is -0.465 e. The van der Waals surface area contributed by atoms with Gasteiger partial charge in [-0.3, -0.25) is 9.59 Å². The van der Waals surface area contributed by atoms with Gasteiger partial charge >= 0.3 is 5.97 Å². The summed E-state index contributed by atoms with van der Waals surface area (Å²) in [5, 5.41) is 7.27. The SMILES string of the molecule is COC(=O)c1ccc([C@@]2(C(N)=O)c3cccc(C4=CCNCC4)c3CCN2C(=O)[C@H]2CC(c3cccc(Cl)c3F)=NO2)cc1. The third kappa shape index (κ3) is 4.84. The van der Waals surface area contributed by atoms with Gasteiger partial charge < -0.3 is 25.5 Å². The van der Waals surface area contributed by atoms with Crippen LogP contribution in [-0.4, -0.2) is 61.2 Å². The van der Waals surface area contributed by atoms with Gasteiger partial charge in [-0.1, -0.05) is 59.2 Å². The summed E-state index contributed by atoms with van der Waals surface area (Å²) in [6, 6.07) is 16.5. The van der Waals surface area contributed by atoms with Crippen LogP contribution in [-0.2, 0) is 31.1 Å². The van der Waals surface area contributed by atoms with E-state index in [0.717, 1.165) is 36.2 Å². The highest BCUT2D eigenvalue weighted by Gasteiger charge is 2.54. The Balaban J connectivity index is 1.46. The molecule has 0 fully saturated rings. The van der Waals surface area contributed by atoms with Crippen LogP contribution in [0.2, 0.25) is 5.02 Å². The molecule has 0 saturated heterocycles. The largest absolute Gasteiger partial charge is 0.465 e. The van der Waals surface area contributed by atoms with Crippen molar-refractivity contribution in [3.05, 3.63) is 111 Å². The summed E-state index contributed by atoms with van der Waals surface area (Å²) in [6.45, 7) is 1.70. The van der Waals surface area contributed by atoms with Crippen molar-refractivity contribution in [1.82, 2.24) is 10.2 Å². The predicted octanol–water partition coefficient (Wildman–Crippen LogP) is 3.95. The fourth-order valence-corrected chi connectivity index (χ4v) is 6.60. The minimum atomic E-state index is -1.74. The van der Waals surface area contributed by atoms with E-state index in [0.29, 0.717) is 17.5 Å². The number of benzene rings is 3. The molecule has 3 aliphatic rings. The summed E-state index contributed by atoms with van der Waals surface area (Å²) in [5.41, 5.74) is 9.27. The lowest BCUT2D eigenvalue weighted by atomic mass is 9.72. The predicted molar refractivity (Wildman–Crippen MR) is 163 cm³/mol. The van der Waals surface area contributed by atoms with Gasteiger partial charge in [0.05, 0.1) is 23.4 Å². The van der Waals surface area contributed by atoms with E-state index in [4.69, 9.17) is 26.9 Å². The Bertz CT molecular complexity index is 1720. The van der Waals surface area contributed by atoms with Gasteiger partial charge in [-0.15, -0.1) is 0 Å². The lowest BCUT2D eigenvalue weighted by Crippen LogP contribution is -2.62. The first-order valence-electron chi connectivity index (χ1n) is 14.3. The molecule has 0 radical (unpaired) electrons. The first kappa shape index (κ1) is 29.5. The van der Waals surface area contributed by atoms with Crippen molar-refractivity contribution in [1.29, 1.82) is 0 Å². The number of hydrogen-bond donors (Lipinski definition) is 2. The molecule has 9 nitrogen and oxygen atoms in total. The lowest BCUT2D eigenvalue weighted by Gasteiger charge is -2.47. The number of ether oxygens (including phenoxy) is 1. The first-order chi connectivity index (χ1) is 21.3. The van der Waals surface area contributed by atoms with Crippen LogP contribution in [0.4, 0.5) is 4.39 Å². The quantitative estimate of drug-likeness (QED) is 0.405. The Morgan fingerprint density at radius 2 is 1.84 bits per heavy atom. The lowest BCUT2D eigenvalue weighted by molar-refractivity contribution is -0.153. The Morgan fingerprint density at radius 1 is 1.09 bits per heavy atom. The molecule has 3 aromatic carbocycles. The fourth-order valence-electron chi connectivity index (χ4n) is 6.43. The summed E-state index contributed by atoms with van der Waals surface area (Å²) in [4.78, 5) is 47.4. The molecule has 3 aromatic rings. The van der Waals surface area contributed by atoms with Crippen LogP contribution in [0.5, 0.6) is 0 Å². The minimum absolute atomic E-state index is 0.0322. The number of nitrogens with zero attached hydrogens (tertiary/aromatic N) is 2. The molecule has 0 spiro atoms. The van der Waals surface area contributed by atoms with Crippen molar-refractivity contribution < 1.29 is 28.3 Å². The van der Waals surface area contributed by atoms with Gasteiger partial charge in [-0.2, -0.15) is 0 Å². The summed E-state index contributed by atoms with van der Waals surface area (Å²) in [7, 11) is 1.28. The summed E-state index contributed by atoms with van der Waals surface area (Å²) in [5.74, 6) is -2.50. The number of nitrogens with one attached hydrogen (secondary N) is 1. The number of oxime groups is 1. The van der Waals surface area contributed by atoms with Crippen LogP contribution in [0.25, 0.3) is 5.57 Å². The fraction of sp³-hybridized carbons (Fsp3) is 0.273. The number of amides is 2. The van der Waals surface area contributed by atoms with Gasteiger partial charge in [0.2, 0.25) is 6.10 Å². The Morgan fingerprint density at radius 3 is 2.55 bits per heavy atom. The Kier molecular flexibility index (Phi) is 7.96. The van der Waals surface area contributed by atoms with Gasteiger partial charge in [0.25, 0.3) is 11.8 Å². The molecule has 3 aliphatic heterocycles. The molecular weight excluding hydrogens is 587 g/mol. The number of carbonyl (C=O) groups is 3. The van der Waals surface area contributed by atoms with Crippen LogP contribution in [0.15, 0.2) is 71.9 Å². The molecule has 2 amide bonds. The second kappa shape index (κ2) is 11.9. The van der Waals surface area contributed by atoms with Gasteiger partial charge in [-0.05, 0) is 71.5 Å². The molecule has 226 valence electrons. The summed E-state index contributed by atoms with van der Waals surface area (Å²) in [6.07, 6.45) is 2.24. The van der Waals surface area contributed by atoms with Crippen LogP contribution < -0.4 is 11.1 Å². The zero-order valence-electron chi connectivity index (χ0n) is 23.9. The molecule has 2 atom stereocenters. The average molecular weight is 617 g/mol. The summed E-state index contributed by atoms with van der Waals surface area (Å²) < 4.78 is 19.6. The van der Waals surface area contributed by atoms with Crippen molar-refractivity contribution in [3.8, 4) is 0 Å². The molecule has 6 rings (SSSR count). The van der Waals surface area contributed by atoms with Gasteiger partial charge in [0, 0.05) is 25.1 Å². The number of primary amides is 1. The smallest absolute Gasteiger partial charge is 0.337 e. The highest BCUT2D eigenvalue weighted by molar-refractivity contribution is 6.31. The Labute approximate surface area is 258 Å². The van der Waals surface area contributed by atoms with E-state index in [-0.39, 0.29) is 34.8 Å². The number of fused-ring (bicyclic) bond motifs is 1. The molecular formula is C33H30ClFN4O5. The van der Waals surface area contributed by atoms with Crippen LogP contribution in [0.3, 0.4) is 0 Å². The van der Waals surface area contributed by atoms with Crippen molar-refractivity contribution in [2.45, 2.75) is 30.9 Å². The number of methoxy groups -OCH3 is 1. The molecule has 3 N–H and O–H groups in total. The van der Waals surface area contributed by atoms with E-state index in [1.165, 1.54) is 36.3 Å². The first-order valence-corrected chi connectivity index (χ1v) is 14.6. The van der Waals surface area contributed by atoms with Gasteiger partial charge in [0.1, 0.15) is 0 Å². The zero-order chi connectivity index (χ0) is 31.0. The molecule has 0 aromatic heterocycles. The molecule has 11 heteroatoms. The monoisotopic (exact) mass is 616 g/mol. The number of hydrogen-bond acceptors (Lipinski definition) is 7. The zero-order valence-corrected chi connectivity index (χ0v) is 24.7. The average Bonchev–Trinajstić information content (AvgIpc) is 3.55. The third-order valence-corrected chi connectivity index (χ3v) is 8.81. The van der Waals surface area contributed by atoms with Crippen molar-refractivity contribution >= 4 is 40.7 Å². The molecule has 0 saturated carbocycles. The molecule has 0 aliphatic carbocycles. The number of esters is 1. The number of rotatable bonds is 6. The maximum atomic E-state index is 14.8. The molecule has 3 heterocycles. The van der Waals surface area contributed by atoms with E-state index in [1.54, 1.807) is 18.2 Å².